The number of carbonyl (C=O) groups excluding carboxylic acids is 2. The Morgan fingerprint density at radius 2 is 2.15 bits per heavy atom. The number of ether oxygens (including phenoxy) is 1. The molecule has 0 aromatic rings. The third-order valence-corrected chi connectivity index (χ3v) is 2.36. The van der Waals surface area contributed by atoms with Gasteiger partial charge in [0.25, 0.3) is 0 Å². The highest BCUT2D eigenvalue weighted by Crippen LogP contribution is 2.25. The molecule has 0 spiro atoms. The summed E-state index contributed by atoms with van der Waals surface area (Å²) < 4.78 is 4.56. The molecule has 3 nitrogen and oxygen atoms in total. The monoisotopic (exact) mass is 182 g/mol. The van der Waals surface area contributed by atoms with Crippen LogP contribution in [0.15, 0.2) is 11.1 Å². The molecule has 0 N–H and O–H groups in total. The third kappa shape index (κ3) is 2.68. The molecule has 0 fully saturated rings. The van der Waals surface area contributed by atoms with Gasteiger partial charge in [-0.3, -0.25) is 9.59 Å². The molecule has 0 saturated carbocycles. The Kier molecular flexibility index (Phi) is 3.68. The molecule has 0 amide bonds. The second kappa shape index (κ2) is 4.80. The molecule has 0 aliphatic heterocycles. The first-order chi connectivity index (χ1) is 6.27. The van der Waals surface area contributed by atoms with Gasteiger partial charge in [0.15, 0.2) is 0 Å². The van der Waals surface area contributed by atoms with Crippen molar-refractivity contribution < 1.29 is 14.3 Å². The number of methoxy groups -OCH3 is 1. The molecule has 0 atom stereocenters. The lowest BCUT2D eigenvalue weighted by molar-refractivity contribution is -0.139. The van der Waals surface area contributed by atoms with Gasteiger partial charge in [-0.25, -0.2) is 0 Å². The van der Waals surface area contributed by atoms with Crippen LogP contribution in [0.3, 0.4) is 0 Å². The molecule has 1 rings (SSSR count). The molecule has 0 aromatic heterocycles. The maximum absolute atomic E-state index is 11.0. The van der Waals surface area contributed by atoms with Gasteiger partial charge < -0.3 is 4.74 Å². The predicted molar refractivity (Wildman–Crippen MR) is 48.2 cm³/mol. The van der Waals surface area contributed by atoms with E-state index in [1.54, 1.807) is 0 Å². The maximum Gasteiger partial charge on any atom is 0.309 e. The van der Waals surface area contributed by atoms with E-state index in [0.717, 1.165) is 43.1 Å². The molecule has 1 aliphatic rings. The highest BCUT2D eigenvalue weighted by Gasteiger charge is 2.14. The Morgan fingerprint density at radius 3 is 2.77 bits per heavy atom. The summed E-state index contributed by atoms with van der Waals surface area (Å²) >= 11 is 0. The lowest BCUT2D eigenvalue weighted by Crippen LogP contribution is -2.08. The van der Waals surface area contributed by atoms with Crippen molar-refractivity contribution in [3.05, 3.63) is 11.1 Å². The van der Waals surface area contributed by atoms with Crippen molar-refractivity contribution in [3.63, 3.8) is 0 Å². The molecular formula is C10H14O3. The zero-order chi connectivity index (χ0) is 9.68. The van der Waals surface area contributed by atoms with Crippen molar-refractivity contribution in [1.29, 1.82) is 0 Å². The molecule has 0 unspecified atom stereocenters. The fourth-order valence-corrected chi connectivity index (χ4v) is 1.58. The predicted octanol–water partition coefficient (Wildman–Crippen LogP) is 1.62. The average Bonchev–Trinajstić information content (AvgIpc) is 2.18. The molecule has 1 aliphatic carbocycles. The van der Waals surface area contributed by atoms with Gasteiger partial charge in [0.2, 0.25) is 0 Å². The summed E-state index contributed by atoms with van der Waals surface area (Å²) in [5, 5.41) is 0. The first-order valence-corrected chi connectivity index (χ1v) is 4.51. The second-order valence-electron chi connectivity index (χ2n) is 3.21. The lowest BCUT2D eigenvalue weighted by Gasteiger charge is -2.15. The van der Waals surface area contributed by atoms with E-state index in [4.69, 9.17) is 0 Å². The van der Waals surface area contributed by atoms with Crippen molar-refractivity contribution in [3.8, 4) is 0 Å². The largest absolute Gasteiger partial charge is 0.469 e. The quantitative estimate of drug-likeness (QED) is 0.492. The van der Waals surface area contributed by atoms with E-state index in [2.05, 4.69) is 4.74 Å². The van der Waals surface area contributed by atoms with E-state index in [9.17, 15) is 9.59 Å². The van der Waals surface area contributed by atoms with Crippen LogP contribution in [0.4, 0.5) is 0 Å². The number of esters is 1. The van der Waals surface area contributed by atoms with Crippen LogP contribution in [0.1, 0.15) is 32.1 Å². The van der Waals surface area contributed by atoms with Crippen LogP contribution >= 0.6 is 0 Å². The minimum Gasteiger partial charge on any atom is -0.469 e. The van der Waals surface area contributed by atoms with Gasteiger partial charge in [-0.15, -0.1) is 0 Å². The molecule has 3 heteroatoms. The number of carbonyl (C=O) groups is 2. The Hall–Kier alpha value is -1.12. The van der Waals surface area contributed by atoms with E-state index in [1.807, 2.05) is 0 Å². The van der Waals surface area contributed by atoms with Crippen LogP contribution in [0.2, 0.25) is 0 Å². The highest BCUT2D eigenvalue weighted by molar-refractivity contribution is 5.79. The summed E-state index contributed by atoms with van der Waals surface area (Å²) in [6.45, 7) is 0. The summed E-state index contributed by atoms with van der Waals surface area (Å²) in [4.78, 5) is 21.6. The fraction of sp³-hybridized carbons (Fsp3) is 0.600. The van der Waals surface area contributed by atoms with Crippen molar-refractivity contribution >= 4 is 12.3 Å². The highest BCUT2D eigenvalue weighted by atomic mass is 16.5. The minimum atomic E-state index is -0.253. The number of allylic oxidation sites excluding steroid dienone is 1. The smallest absolute Gasteiger partial charge is 0.309 e. The summed E-state index contributed by atoms with van der Waals surface area (Å²) in [5.41, 5.74) is 1.77. The van der Waals surface area contributed by atoms with Gasteiger partial charge in [-0.2, -0.15) is 0 Å². The summed E-state index contributed by atoms with van der Waals surface area (Å²) in [6, 6.07) is 0. The van der Waals surface area contributed by atoms with Crippen LogP contribution in [0, 0.1) is 0 Å². The van der Waals surface area contributed by atoms with Gasteiger partial charge in [-0.1, -0.05) is 5.57 Å². The topological polar surface area (TPSA) is 43.4 Å². The number of aldehydes is 1. The minimum absolute atomic E-state index is 0.253. The van der Waals surface area contributed by atoms with Gasteiger partial charge >= 0.3 is 5.97 Å². The van der Waals surface area contributed by atoms with Crippen molar-refractivity contribution in [2.24, 2.45) is 0 Å². The van der Waals surface area contributed by atoms with Crippen LogP contribution in [0.5, 0.6) is 0 Å². The zero-order valence-electron chi connectivity index (χ0n) is 7.84. The van der Waals surface area contributed by atoms with Crippen LogP contribution < -0.4 is 0 Å². The van der Waals surface area contributed by atoms with Crippen LogP contribution in [-0.4, -0.2) is 19.4 Å². The van der Waals surface area contributed by atoms with E-state index in [0.29, 0.717) is 0 Å². The molecule has 0 aromatic carbocycles. The molecule has 0 bridgehead atoms. The molecular weight excluding hydrogens is 168 g/mol. The van der Waals surface area contributed by atoms with E-state index in [1.165, 1.54) is 7.11 Å². The molecule has 0 radical (unpaired) electrons. The summed E-state index contributed by atoms with van der Waals surface area (Å²) in [5.74, 6) is -0.253. The Labute approximate surface area is 77.8 Å². The molecule has 0 heterocycles. The summed E-state index contributed by atoms with van der Waals surface area (Å²) in [6.07, 6.45) is 4.96. The molecule has 13 heavy (non-hydrogen) atoms. The Balaban J connectivity index is 2.67. The second-order valence-corrected chi connectivity index (χ2v) is 3.21. The first-order valence-electron chi connectivity index (χ1n) is 4.51. The molecule has 0 saturated heterocycles. The average molecular weight is 182 g/mol. The summed E-state index contributed by atoms with van der Waals surface area (Å²) in [7, 11) is 1.37. The third-order valence-electron chi connectivity index (χ3n) is 2.36. The van der Waals surface area contributed by atoms with Gasteiger partial charge in [-0.05, 0) is 31.3 Å². The lowest BCUT2D eigenvalue weighted by atomic mass is 9.91. The van der Waals surface area contributed by atoms with Crippen molar-refractivity contribution in [1.82, 2.24) is 0 Å². The first kappa shape index (κ1) is 9.96. The van der Waals surface area contributed by atoms with E-state index >= 15 is 0 Å². The Bertz CT molecular complexity index is 241. The zero-order valence-corrected chi connectivity index (χ0v) is 7.84. The fourth-order valence-electron chi connectivity index (χ4n) is 1.58. The molecule has 72 valence electrons. The number of rotatable bonds is 3. The van der Waals surface area contributed by atoms with E-state index < -0.39 is 0 Å². The van der Waals surface area contributed by atoms with Crippen molar-refractivity contribution in [2.45, 2.75) is 32.1 Å². The van der Waals surface area contributed by atoms with Crippen LogP contribution in [0.25, 0.3) is 0 Å². The normalized spacial score (nSPS) is 17.0. The number of hydrogen-bond acceptors (Lipinski definition) is 3. The van der Waals surface area contributed by atoms with Gasteiger partial charge in [0, 0.05) is 0 Å². The number of hydrogen-bond donors (Lipinski definition) is 0. The maximum atomic E-state index is 11.0. The standard InChI is InChI=1S/C10H14O3/c1-13-10(12)6-8-4-2-3-5-9(8)7-11/h7H,2-6H2,1H3. The van der Waals surface area contributed by atoms with E-state index in [-0.39, 0.29) is 12.4 Å². The van der Waals surface area contributed by atoms with Crippen molar-refractivity contribution in [2.75, 3.05) is 7.11 Å². The van der Waals surface area contributed by atoms with Gasteiger partial charge in [0.1, 0.15) is 6.29 Å². The van der Waals surface area contributed by atoms with Gasteiger partial charge in [0.05, 0.1) is 13.5 Å². The van der Waals surface area contributed by atoms with Crippen LogP contribution in [-0.2, 0) is 14.3 Å². The Morgan fingerprint density at radius 1 is 1.46 bits per heavy atom. The SMILES string of the molecule is COC(=O)CC1=C(C=O)CCCC1.